The summed E-state index contributed by atoms with van der Waals surface area (Å²) in [7, 11) is 0. The van der Waals surface area contributed by atoms with E-state index in [4.69, 9.17) is 11.5 Å². The summed E-state index contributed by atoms with van der Waals surface area (Å²) in [4.78, 5) is 13.6. The molecule has 1 saturated heterocycles. The zero-order valence-electron chi connectivity index (χ0n) is 12.2. The summed E-state index contributed by atoms with van der Waals surface area (Å²) in [5, 5.41) is 0. The van der Waals surface area contributed by atoms with Crippen LogP contribution in [0.2, 0.25) is 0 Å². The lowest BCUT2D eigenvalue weighted by Crippen LogP contribution is -2.49. The second-order valence-corrected chi connectivity index (χ2v) is 6.74. The highest BCUT2D eigenvalue weighted by atomic mass is 16.1. The molecular formula is C14H29N3O. The number of carbonyl (C=O) groups is 1. The Morgan fingerprint density at radius 1 is 1.33 bits per heavy atom. The molecule has 4 N–H and O–H groups in total. The number of nitrogens with two attached hydrogens (primary N) is 2. The third kappa shape index (κ3) is 4.94. The van der Waals surface area contributed by atoms with Gasteiger partial charge in [0.05, 0.1) is 5.54 Å². The van der Waals surface area contributed by atoms with Crippen molar-refractivity contribution in [1.29, 1.82) is 0 Å². The predicted molar refractivity (Wildman–Crippen MR) is 75.1 cm³/mol. The quantitative estimate of drug-likeness (QED) is 0.781. The molecule has 4 nitrogen and oxygen atoms in total. The Balaban J connectivity index is 2.30. The van der Waals surface area contributed by atoms with Crippen LogP contribution in [0.4, 0.5) is 0 Å². The summed E-state index contributed by atoms with van der Waals surface area (Å²) in [5.74, 6) is -0.403. The van der Waals surface area contributed by atoms with Gasteiger partial charge < -0.3 is 16.4 Å². The second-order valence-electron chi connectivity index (χ2n) is 6.74. The Kier molecular flexibility index (Phi) is 5.17. The maximum absolute atomic E-state index is 11.1. The zero-order valence-corrected chi connectivity index (χ0v) is 12.2. The van der Waals surface area contributed by atoms with Gasteiger partial charge >= 0.3 is 0 Å². The van der Waals surface area contributed by atoms with Crippen molar-refractivity contribution in [3.63, 3.8) is 0 Å². The van der Waals surface area contributed by atoms with Crippen molar-refractivity contribution in [2.45, 2.75) is 58.4 Å². The van der Waals surface area contributed by atoms with Crippen LogP contribution in [0.5, 0.6) is 0 Å². The first kappa shape index (κ1) is 15.4. The van der Waals surface area contributed by atoms with Crippen LogP contribution in [0.3, 0.4) is 0 Å². The summed E-state index contributed by atoms with van der Waals surface area (Å²) < 4.78 is 0. The molecule has 0 aromatic rings. The van der Waals surface area contributed by atoms with E-state index >= 15 is 0 Å². The van der Waals surface area contributed by atoms with Crippen molar-refractivity contribution in [2.75, 3.05) is 19.6 Å². The van der Waals surface area contributed by atoms with E-state index in [9.17, 15) is 4.79 Å². The van der Waals surface area contributed by atoms with Gasteiger partial charge in [-0.3, -0.25) is 4.79 Å². The number of rotatable bonds is 5. The minimum atomic E-state index is -0.856. The highest BCUT2D eigenvalue weighted by molar-refractivity contribution is 5.83. The summed E-state index contributed by atoms with van der Waals surface area (Å²) in [6.45, 7) is 9.77. The lowest BCUT2D eigenvalue weighted by atomic mass is 9.85. The first-order valence-electron chi connectivity index (χ1n) is 7.04. The minimum Gasteiger partial charge on any atom is -0.368 e. The Morgan fingerprint density at radius 3 is 2.61 bits per heavy atom. The molecule has 1 amide bonds. The van der Waals surface area contributed by atoms with Crippen LogP contribution in [-0.2, 0) is 4.79 Å². The van der Waals surface area contributed by atoms with Gasteiger partial charge in [0.25, 0.3) is 0 Å². The second kappa shape index (κ2) is 6.02. The van der Waals surface area contributed by atoms with Crippen molar-refractivity contribution < 1.29 is 4.79 Å². The average Bonchev–Trinajstić information content (AvgIpc) is 2.40. The van der Waals surface area contributed by atoms with Crippen LogP contribution < -0.4 is 11.5 Å². The number of hydrogen-bond acceptors (Lipinski definition) is 3. The van der Waals surface area contributed by atoms with Crippen LogP contribution in [-0.4, -0.2) is 36.0 Å². The first-order chi connectivity index (χ1) is 8.23. The minimum absolute atomic E-state index is 0.403. The normalized spacial score (nSPS) is 24.2. The summed E-state index contributed by atoms with van der Waals surface area (Å²) in [5.41, 5.74) is 10.7. The fourth-order valence-corrected chi connectivity index (χ4v) is 2.50. The van der Waals surface area contributed by atoms with E-state index in [0.29, 0.717) is 11.8 Å². The molecule has 0 aliphatic carbocycles. The highest BCUT2D eigenvalue weighted by Gasteiger charge is 2.26. The molecule has 1 heterocycles. The van der Waals surface area contributed by atoms with Crippen molar-refractivity contribution in [1.82, 2.24) is 4.90 Å². The molecule has 0 bridgehead atoms. The molecular weight excluding hydrogens is 226 g/mol. The predicted octanol–water partition coefficient (Wildman–Crippen LogP) is 1.48. The van der Waals surface area contributed by atoms with E-state index in [1.54, 1.807) is 6.92 Å². The van der Waals surface area contributed by atoms with Gasteiger partial charge in [-0.25, -0.2) is 0 Å². The molecule has 0 aromatic heterocycles. The summed E-state index contributed by atoms with van der Waals surface area (Å²) in [6.07, 6.45) is 5.43. The van der Waals surface area contributed by atoms with Gasteiger partial charge in [0.15, 0.2) is 0 Å². The molecule has 0 saturated carbocycles. The van der Waals surface area contributed by atoms with Crippen molar-refractivity contribution in [3.05, 3.63) is 0 Å². The van der Waals surface area contributed by atoms with E-state index in [1.165, 1.54) is 25.8 Å². The Hall–Kier alpha value is -0.610. The van der Waals surface area contributed by atoms with Crippen LogP contribution in [0.15, 0.2) is 0 Å². The Bertz CT molecular complexity index is 287. The van der Waals surface area contributed by atoms with E-state index in [0.717, 1.165) is 19.5 Å². The molecule has 1 atom stereocenters. The zero-order chi connectivity index (χ0) is 13.8. The SMILES string of the molecule is CC1(C)CCCN(CCCC(C)(N)C(N)=O)CC1. The molecule has 1 unspecified atom stereocenters. The number of hydrogen-bond donors (Lipinski definition) is 2. The van der Waals surface area contributed by atoms with Crippen LogP contribution in [0, 0.1) is 5.41 Å². The van der Waals surface area contributed by atoms with Gasteiger partial charge in [0, 0.05) is 0 Å². The van der Waals surface area contributed by atoms with Crippen molar-refractivity contribution >= 4 is 5.91 Å². The van der Waals surface area contributed by atoms with Gasteiger partial charge in [-0.1, -0.05) is 13.8 Å². The number of carbonyl (C=O) groups excluding carboxylic acids is 1. The van der Waals surface area contributed by atoms with Crippen molar-refractivity contribution in [2.24, 2.45) is 16.9 Å². The molecule has 18 heavy (non-hydrogen) atoms. The summed E-state index contributed by atoms with van der Waals surface area (Å²) >= 11 is 0. The first-order valence-corrected chi connectivity index (χ1v) is 7.04. The van der Waals surface area contributed by atoms with Gasteiger partial charge in [-0.05, 0) is 64.1 Å². The van der Waals surface area contributed by atoms with Gasteiger partial charge in [-0.2, -0.15) is 0 Å². The molecule has 1 aliphatic heterocycles. The van der Waals surface area contributed by atoms with Crippen LogP contribution >= 0.6 is 0 Å². The lowest BCUT2D eigenvalue weighted by molar-refractivity contribution is -0.122. The van der Waals surface area contributed by atoms with Crippen LogP contribution in [0.25, 0.3) is 0 Å². The number of amides is 1. The molecule has 1 aliphatic rings. The maximum atomic E-state index is 11.1. The van der Waals surface area contributed by atoms with Gasteiger partial charge in [0.2, 0.25) is 5.91 Å². The van der Waals surface area contributed by atoms with E-state index in [1.807, 2.05) is 0 Å². The molecule has 0 radical (unpaired) electrons. The monoisotopic (exact) mass is 255 g/mol. The molecule has 0 spiro atoms. The average molecular weight is 255 g/mol. The molecule has 4 heteroatoms. The largest absolute Gasteiger partial charge is 0.368 e. The molecule has 1 fully saturated rings. The molecule has 106 valence electrons. The number of primary amides is 1. The fourth-order valence-electron chi connectivity index (χ4n) is 2.50. The summed E-state index contributed by atoms with van der Waals surface area (Å²) in [6, 6.07) is 0. The van der Waals surface area contributed by atoms with Crippen molar-refractivity contribution in [3.8, 4) is 0 Å². The standard InChI is InChI=1S/C14H29N3O/c1-13(2)6-4-9-17(11-8-13)10-5-7-14(3,16)12(15)18/h4-11,16H2,1-3H3,(H2,15,18). The van der Waals surface area contributed by atoms with E-state index < -0.39 is 11.4 Å². The third-order valence-corrected chi connectivity index (χ3v) is 4.17. The smallest absolute Gasteiger partial charge is 0.237 e. The maximum Gasteiger partial charge on any atom is 0.237 e. The molecule has 1 rings (SSSR count). The third-order valence-electron chi connectivity index (χ3n) is 4.17. The van der Waals surface area contributed by atoms with Gasteiger partial charge in [0.1, 0.15) is 0 Å². The Morgan fingerprint density at radius 2 is 2.00 bits per heavy atom. The van der Waals surface area contributed by atoms with Gasteiger partial charge in [-0.15, -0.1) is 0 Å². The highest BCUT2D eigenvalue weighted by Crippen LogP contribution is 2.29. The van der Waals surface area contributed by atoms with E-state index in [-0.39, 0.29) is 0 Å². The lowest BCUT2D eigenvalue weighted by Gasteiger charge is -2.25. The topological polar surface area (TPSA) is 72.3 Å². The van der Waals surface area contributed by atoms with E-state index in [2.05, 4.69) is 18.7 Å². The Labute approximate surface area is 111 Å². The fraction of sp³-hybridized carbons (Fsp3) is 0.929. The number of nitrogens with zero attached hydrogens (tertiary/aromatic N) is 1. The van der Waals surface area contributed by atoms with Crippen LogP contribution in [0.1, 0.15) is 52.9 Å². The number of likely N-dealkylation sites (tertiary alicyclic amines) is 1. The molecule has 0 aromatic carbocycles.